The van der Waals surface area contributed by atoms with E-state index in [0.717, 1.165) is 11.8 Å². The van der Waals surface area contributed by atoms with Crippen molar-refractivity contribution in [1.82, 2.24) is 0 Å². The average molecular weight is 154 g/mol. The van der Waals surface area contributed by atoms with Crippen LogP contribution in [-0.2, 0) is 0 Å². The largest absolute Gasteiger partial charge is 0.0880 e. The molecule has 0 rings (SSSR count). The zero-order chi connectivity index (χ0) is 8.85. The van der Waals surface area contributed by atoms with Gasteiger partial charge in [-0.15, -0.1) is 0 Å². The minimum Gasteiger partial charge on any atom is -0.0880 e. The van der Waals surface area contributed by atoms with Gasteiger partial charge in [-0.1, -0.05) is 46.8 Å². The number of allylic oxidation sites excluding steroid dienone is 2. The standard InChI is InChI=1S/C11H22/c1-9(2)7-6-8-11(5)10(3)4/h6-7,9-11H,8H2,1-5H3/b7-6-. The molecule has 0 nitrogen and oxygen atoms in total. The van der Waals surface area contributed by atoms with Crippen LogP contribution in [0.4, 0.5) is 0 Å². The number of hydrogen-bond acceptors (Lipinski definition) is 0. The van der Waals surface area contributed by atoms with Crippen LogP contribution in [0.3, 0.4) is 0 Å². The quantitative estimate of drug-likeness (QED) is 0.539. The Morgan fingerprint density at radius 1 is 1.00 bits per heavy atom. The van der Waals surface area contributed by atoms with E-state index in [-0.39, 0.29) is 0 Å². The van der Waals surface area contributed by atoms with E-state index in [1.165, 1.54) is 6.42 Å². The summed E-state index contributed by atoms with van der Waals surface area (Å²) in [5.41, 5.74) is 0. The highest BCUT2D eigenvalue weighted by Crippen LogP contribution is 2.14. The Labute approximate surface area is 71.7 Å². The van der Waals surface area contributed by atoms with E-state index in [4.69, 9.17) is 0 Å². The third kappa shape index (κ3) is 6.15. The first kappa shape index (κ1) is 10.7. The van der Waals surface area contributed by atoms with Crippen LogP contribution in [0.1, 0.15) is 41.0 Å². The van der Waals surface area contributed by atoms with Crippen molar-refractivity contribution in [2.75, 3.05) is 0 Å². The highest BCUT2D eigenvalue weighted by Gasteiger charge is 2.03. The molecule has 0 spiro atoms. The molecule has 66 valence electrons. The minimum absolute atomic E-state index is 0.703. The Bertz CT molecular complexity index is 109. The highest BCUT2D eigenvalue weighted by molar-refractivity contribution is 4.86. The van der Waals surface area contributed by atoms with Crippen molar-refractivity contribution in [3.63, 3.8) is 0 Å². The summed E-state index contributed by atoms with van der Waals surface area (Å²) in [5.74, 6) is 2.34. The van der Waals surface area contributed by atoms with E-state index in [1.807, 2.05) is 0 Å². The van der Waals surface area contributed by atoms with Crippen LogP contribution in [0.15, 0.2) is 12.2 Å². The topological polar surface area (TPSA) is 0 Å². The van der Waals surface area contributed by atoms with Crippen molar-refractivity contribution < 1.29 is 0 Å². The van der Waals surface area contributed by atoms with Gasteiger partial charge in [-0.2, -0.15) is 0 Å². The SMILES string of the molecule is CC(C)/C=C\CC(C)C(C)C. The summed E-state index contributed by atoms with van der Waals surface area (Å²) in [7, 11) is 0. The molecule has 0 bridgehead atoms. The molecule has 0 radical (unpaired) electrons. The van der Waals surface area contributed by atoms with Gasteiger partial charge in [0.15, 0.2) is 0 Å². The third-order valence-electron chi connectivity index (χ3n) is 2.17. The van der Waals surface area contributed by atoms with E-state index >= 15 is 0 Å². The van der Waals surface area contributed by atoms with Crippen LogP contribution in [0, 0.1) is 17.8 Å². The van der Waals surface area contributed by atoms with E-state index in [9.17, 15) is 0 Å². The number of rotatable bonds is 4. The molecule has 0 aliphatic carbocycles. The Balaban J connectivity index is 3.53. The van der Waals surface area contributed by atoms with Gasteiger partial charge in [0.25, 0.3) is 0 Å². The molecule has 0 saturated heterocycles. The van der Waals surface area contributed by atoms with Gasteiger partial charge in [-0.25, -0.2) is 0 Å². The third-order valence-corrected chi connectivity index (χ3v) is 2.17. The first-order valence-electron chi connectivity index (χ1n) is 4.70. The van der Waals surface area contributed by atoms with Gasteiger partial charge in [-0.3, -0.25) is 0 Å². The van der Waals surface area contributed by atoms with Crippen molar-refractivity contribution >= 4 is 0 Å². The van der Waals surface area contributed by atoms with Crippen molar-refractivity contribution in [2.24, 2.45) is 17.8 Å². The van der Waals surface area contributed by atoms with Gasteiger partial charge >= 0.3 is 0 Å². The molecule has 1 unspecified atom stereocenters. The van der Waals surface area contributed by atoms with Crippen LogP contribution >= 0.6 is 0 Å². The second-order valence-electron chi connectivity index (χ2n) is 4.13. The molecule has 0 amide bonds. The molecule has 0 saturated carbocycles. The van der Waals surface area contributed by atoms with Crippen molar-refractivity contribution in [1.29, 1.82) is 0 Å². The van der Waals surface area contributed by atoms with Crippen LogP contribution < -0.4 is 0 Å². The van der Waals surface area contributed by atoms with Gasteiger partial charge in [-0.05, 0) is 24.2 Å². The van der Waals surface area contributed by atoms with E-state index in [1.54, 1.807) is 0 Å². The summed E-state index contributed by atoms with van der Waals surface area (Å²) in [5, 5.41) is 0. The Morgan fingerprint density at radius 2 is 1.55 bits per heavy atom. The summed E-state index contributed by atoms with van der Waals surface area (Å²) in [6, 6.07) is 0. The average Bonchev–Trinajstić information content (AvgIpc) is 1.86. The van der Waals surface area contributed by atoms with Crippen molar-refractivity contribution in [2.45, 2.75) is 41.0 Å². The summed E-state index contributed by atoms with van der Waals surface area (Å²) in [4.78, 5) is 0. The maximum absolute atomic E-state index is 2.31. The van der Waals surface area contributed by atoms with Gasteiger partial charge in [0.1, 0.15) is 0 Å². The lowest BCUT2D eigenvalue weighted by molar-refractivity contribution is 0.423. The van der Waals surface area contributed by atoms with Gasteiger partial charge in [0.2, 0.25) is 0 Å². The predicted octanol–water partition coefficient (Wildman–Crippen LogP) is 3.88. The van der Waals surface area contributed by atoms with E-state index < -0.39 is 0 Å². The van der Waals surface area contributed by atoms with Crippen LogP contribution in [-0.4, -0.2) is 0 Å². The van der Waals surface area contributed by atoms with Gasteiger partial charge in [0.05, 0.1) is 0 Å². The lowest BCUT2D eigenvalue weighted by Gasteiger charge is -2.12. The number of hydrogen-bond donors (Lipinski definition) is 0. The van der Waals surface area contributed by atoms with E-state index in [2.05, 4.69) is 46.8 Å². The molecule has 0 fully saturated rings. The Kier molecular flexibility index (Phi) is 5.27. The van der Waals surface area contributed by atoms with Gasteiger partial charge in [0, 0.05) is 0 Å². The van der Waals surface area contributed by atoms with Crippen LogP contribution in [0.2, 0.25) is 0 Å². The van der Waals surface area contributed by atoms with Gasteiger partial charge < -0.3 is 0 Å². The zero-order valence-corrected chi connectivity index (χ0v) is 8.59. The molecular weight excluding hydrogens is 132 g/mol. The van der Waals surface area contributed by atoms with Crippen molar-refractivity contribution in [3.8, 4) is 0 Å². The Morgan fingerprint density at radius 3 is 1.91 bits per heavy atom. The maximum atomic E-state index is 2.31. The van der Waals surface area contributed by atoms with Crippen LogP contribution in [0.5, 0.6) is 0 Å². The molecule has 1 atom stereocenters. The summed E-state index contributed by atoms with van der Waals surface area (Å²) < 4.78 is 0. The smallest absolute Gasteiger partial charge is 0.0290 e. The highest BCUT2D eigenvalue weighted by atomic mass is 14.1. The first-order valence-corrected chi connectivity index (χ1v) is 4.70. The van der Waals surface area contributed by atoms with Crippen LogP contribution in [0.25, 0.3) is 0 Å². The maximum Gasteiger partial charge on any atom is -0.0290 e. The zero-order valence-electron chi connectivity index (χ0n) is 8.59. The second-order valence-corrected chi connectivity index (χ2v) is 4.13. The fourth-order valence-electron chi connectivity index (χ4n) is 0.838. The summed E-state index contributed by atoms with van der Waals surface area (Å²) in [6.07, 6.45) is 5.84. The minimum atomic E-state index is 0.703. The lowest BCUT2D eigenvalue weighted by Crippen LogP contribution is -2.01. The molecule has 0 aromatic heterocycles. The molecule has 0 N–H and O–H groups in total. The predicted molar refractivity (Wildman–Crippen MR) is 52.6 cm³/mol. The van der Waals surface area contributed by atoms with Crippen molar-refractivity contribution in [3.05, 3.63) is 12.2 Å². The molecule has 0 heterocycles. The fourth-order valence-corrected chi connectivity index (χ4v) is 0.838. The molecule has 11 heavy (non-hydrogen) atoms. The lowest BCUT2D eigenvalue weighted by atomic mass is 9.94. The Hall–Kier alpha value is -0.260. The molecule has 0 aromatic rings. The normalized spacial score (nSPS) is 15.2. The molecule has 0 aliphatic heterocycles. The molecule has 0 heteroatoms. The molecule has 0 aliphatic rings. The molecule has 0 aromatic carbocycles. The monoisotopic (exact) mass is 154 g/mol. The fraction of sp³-hybridized carbons (Fsp3) is 0.818. The molecular formula is C11H22. The summed E-state index contributed by atoms with van der Waals surface area (Å²) >= 11 is 0. The second kappa shape index (κ2) is 5.40. The first-order chi connectivity index (χ1) is 5.04. The summed E-state index contributed by atoms with van der Waals surface area (Å²) in [6.45, 7) is 11.3. The van der Waals surface area contributed by atoms with E-state index in [0.29, 0.717) is 5.92 Å².